The normalized spacial score (nSPS) is 10.1. The number of hydrogen-bond acceptors (Lipinski definition) is 5. The van der Waals surface area contributed by atoms with Crippen molar-refractivity contribution in [3.63, 3.8) is 0 Å². The monoisotopic (exact) mass is 271 g/mol. The Kier molecular flexibility index (Phi) is 4.49. The number of carbonyl (C=O) groups is 1. The minimum Gasteiger partial charge on any atom is -0.373 e. The van der Waals surface area contributed by atoms with E-state index in [4.69, 9.17) is 5.73 Å². The number of benzene rings is 1. The van der Waals surface area contributed by atoms with Crippen molar-refractivity contribution in [1.82, 2.24) is 10.2 Å². The van der Waals surface area contributed by atoms with Gasteiger partial charge in [0.15, 0.2) is 5.69 Å². The maximum atomic E-state index is 10.9. The second-order valence-corrected chi connectivity index (χ2v) is 4.35. The van der Waals surface area contributed by atoms with Crippen molar-refractivity contribution in [2.24, 2.45) is 5.73 Å². The number of primary amides is 1. The topological polar surface area (TPSA) is 84.1 Å². The Bertz CT molecular complexity index is 556. The van der Waals surface area contributed by atoms with Crippen LogP contribution in [0.3, 0.4) is 0 Å². The van der Waals surface area contributed by atoms with Gasteiger partial charge in [0.2, 0.25) is 0 Å². The number of para-hydroxylation sites is 1. The molecule has 6 nitrogen and oxygen atoms in total. The fourth-order valence-corrected chi connectivity index (χ4v) is 1.72. The molecule has 0 bridgehead atoms. The first kappa shape index (κ1) is 13.8. The van der Waals surface area contributed by atoms with Gasteiger partial charge in [0, 0.05) is 25.8 Å². The van der Waals surface area contributed by atoms with Crippen LogP contribution < -0.4 is 16.0 Å². The van der Waals surface area contributed by atoms with Crippen LogP contribution in [0.4, 0.5) is 11.5 Å². The Balaban J connectivity index is 1.82. The smallest absolute Gasteiger partial charge is 0.269 e. The molecule has 1 heterocycles. The van der Waals surface area contributed by atoms with Gasteiger partial charge in [-0.25, -0.2) is 0 Å². The van der Waals surface area contributed by atoms with Crippen LogP contribution in [0.25, 0.3) is 0 Å². The summed E-state index contributed by atoms with van der Waals surface area (Å²) >= 11 is 0. The molecule has 0 radical (unpaired) electrons. The number of nitrogens with two attached hydrogens (primary N) is 1. The molecule has 20 heavy (non-hydrogen) atoms. The van der Waals surface area contributed by atoms with Crippen LogP contribution in [0, 0.1) is 0 Å². The van der Waals surface area contributed by atoms with Crippen molar-refractivity contribution in [2.75, 3.05) is 30.4 Å². The molecule has 0 aliphatic heterocycles. The third-order valence-electron chi connectivity index (χ3n) is 2.87. The number of nitrogens with zero attached hydrogens (tertiary/aromatic N) is 3. The number of amides is 1. The summed E-state index contributed by atoms with van der Waals surface area (Å²) in [5, 5.41) is 10.8. The molecule has 0 spiro atoms. The summed E-state index contributed by atoms with van der Waals surface area (Å²) in [6.45, 7) is 1.54. The van der Waals surface area contributed by atoms with Gasteiger partial charge in [-0.3, -0.25) is 4.79 Å². The highest BCUT2D eigenvalue weighted by atomic mass is 16.1. The van der Waals surface area contributed by atoms with Gasteiger partial charge >= 0.3 is 0 Å². The summed E-state index contributed by atoms with van der Waals surface area (Å²) in [5.74, 6) is 0.0457. The first-order valence-electron chi connectivity index (χ1n) is 6.30. The minimum absolute atomic E-state index is 0.164. The van der Waals surface area contributed by atoms with E-state index in [1.54, 1.807) is 12.1 Å². The van der Waals surface area contributed by atoms with Gasteiger partial charge in [0.25, 0.3) is 5.91 Å². The zero-order valence-electron chi connectivity index (χ0n) is 11.3. The van der Waals surface area contributed by atoms with Gasteiger partial charge in [0.05, 0.1) is 0 Å². The predicted octanol–water partition coefficient (Wildman–Crippen LogP) is 1.12. The van der Waals surface area contributed by atoms with Crippen molar-refractivity contribution in [3.05, 3.63) is 48.2 Å². The number of likely N-dealkylation sites (N-methyl/N-ethyl adjacent to an activating group) is 1. The van der Waals surface area contributed by atoms with Crippen molar-refractivity contribution in [1.29, 1.82) is 0 Å². The molecule has 0 fully saturated rings. The molecule has 3 N–H and O–H groups in total. The second-order valence-electron chi connectivity index (χ2n) is 4.35. The Morgan fingerprint density at radius 3 is 2.55 bits per heavy atom. The largest absolute Gasteiger partial charge is 0.373 e. The molecule has 1 aromatic carbocycles. The third kappa shape index (κ3) is 3.68. The van der Waals surface area contributed by atoms with E-state index in [1.165, 1.54) is 0 Å². The lowest BCUT2D eigenvalue weighted by molar-refractivity contribution is 0.0994. The summed E-state index contributed by atoms with van der Waals surface area (Å²) in [7, 11) is 2.03. The van der Waals surface area contributed by atoms with Crippen LogP contribution in [0.1, 0.15) is 10.5 Å². The SMILES string of the molecule is CN(CCNc1ccc(C(N)=O)nn1)c1ccccc1. The Labute approximate surface area is 117 Å². The average Bonchev–Trinajstić information content (AvgIpc) is 2.48. The zero-order valence-corrected chi connectivity index (χ0v) is 11.3. The minimum atomic E-state index is -0.576. The molecular weight excluding hydrogens is 254 g/mol. The first-order valence-corrected chi connectivity index (χ1v) is 6.30. The predicted molar refractivity (Wildman–Crippen MR) is 78.8 cm³/mol. The number of aromatic nitrogens is 2. The van der Waals surface area contributed by atoms with Crippen molar-refractivity contribution >= 4 is 17.4 Å². The maximum absolute atomic E-state index is 10.9. The average molecular weight is 271 g/mol. The van der Waals surface area contributed by atoms with E-state index in [0.29, 0.717) is 5.82 Å². The number of hydrogen-bond donors (Lipinski definition) is 2. The number of anilines is 2. The first-order chi connectivity index (χ1) is 9.66. The molecule has 0 aliphatic carbocycles. The van der Waals surface area contributed by atoms with Crippen LogP contribution in [-0.4, -0.2) is 36.2 Å². The molecule has 0 atom stereocenters. The fraction of sp³-hybridized carbons (Fsp3) is 0.214. The van der Waals surface area contributed by atoms with Crippen LogP contribution in [0.5, 0.6) is 0 Å². The maximum Gasteiger partial charge on any atom is 0.269 e. The molecule has 1 amide bonds. The quantitative estimate of drug-likeness (QED) is 0.822. The Morgan fingerprint density at radius 1 is 1.20 bits per heavy atom. The third-order valence-corrected chi connectivity index (χ3v) is 2.87. The fourth-order valence-electron chi connectivity index (χ4n) is 1.72. The van der Waals surface area contributed by atoms with Crippen LogP contribution in [0.15, 0.2) is 42.5 Å². The van der Waals surface area contributed by atoms with E-state index in [9.17, 15) is 4.79 Å². The van der Waals surface area contributed by atoms with Crippen LogP contribution in [-0.2, 0) is 0 Å². The van der Waals surface area contributed by atoms with Gasteiger partial charge < -0.3 is 16.0 Å². The van der Waals surface area contributed by atoms with Gasteiger partial charge in [0.1, 0.15) is 5.82 Å². The molecule has 2 aromatic rings. The van der Waals surface area contributed by atoms with Crippen LogP contribution in [0.2, 0.25) is 0 Å². The Morgan fingerprint density at radius 2 is 1.95 bits per heavy atom. The zero-order chi connectivity index (χ0) is 14.4. The highest BCUT2D eigenvalue weighted by molar-refractivity contribution is 5.90. The molecule has 1 aromatic heterocycles. The van der Waals surface area contributed by atoms with Crippen LogP contribution >= 0.6 is 0 Å². The lowest BCUT2D eigenvalue weighted by Gasteiger charge is -2.19. The van der Waals surface area contributed by atoms with E-state index < -0.39 is 5.91 Å². The lowest BCUT2D eigenvalue weighted by atomic mass is 10.3. The summed E-state index contributed by atoms with van der Waals surface area (Å²) < 4.78 is 0. The van der Waals surface area contributed by atoms with E-state index in [2.05, 4.69) is 32.5 Å². The summed E-state index contributed by atoms with van der Waals surface area (Å²) in [5.41, 5.74) is 6.42. The highest BCUT2D eigenvalue weighted by Crippen LogP contribution is 2.10. The molecule has 104 valence electrons. The lowest BCUT2D eigenvalue weighted by Crippen LogP contribution is -2.25. The number of carbonyl (C=O) groups excluding carboxylic acids is 1. The van der Waals surface area contributed by atoms with E-state index in [1.807, 2.05) is 25.2 Å². The van der Waals surface area contributed by atoms with E-state index >= 15 is 0 Å². The second kappa shape index (κ2) is 6.51. The Hall–Kier alpha value is -2.63. The molecular formula is C14H17N5O. The van der Waals surface area contributed by atoms with Crippen molar-refractivity contribution in [2.45, 2.75) is 0 Å². The summed E-state index contributed by atoms with van der Waals surface area (Å²) in [6.07, 6.45) is 0. The molecule has 0 unspecified atom stereocenters. The van der Waals surface area contributed by atoms with Crippen molar-refractivity contribution < 1.29 is 4.79 Å². The number of nitrogens with one attached hydrogen (secondary N) is 1. The van der Waals surface area contributed by atoms with Gasteiger partial charge in [-0.2, -0.15) is 0 Å². The number of rotatable bonds is 6. The standard InChI is InChI=1S/C14H17N5O/c1-19(11-5-3-2-4-6-11)10-9-16-13-8-7-12(14(15)20)17-18-13/h2-8H,9-10H2,1H3,(H2,15,20)(H,16,18). The molecule has 0 saturated heterocycles. The van der Waals surface area contributed by atoms with Gasteiger partial charge in [-0.15, -0.1) is 10.2 Å². The molecule has 0 saturated carbocycles. The van der Waals surface area contributed by atoms with E-state index in [0.717, 1.165) is 18.8 Å². The van der Waals surface area contributed by atoms with E-state index in [-0.39, 0.29) is 5.69 Å². The highest BCUT2D eigenvalue weighted by Gasteiger charge is 2.03. The van der Waals surface area contributed by atoms with Crippen molar-refractivity contribution in [3.8, 4) is 0 Å². The van der Waals surface area contributed by atoms with Gasteiger partial charge in [-0.1, -0.05) is 18.2 Å². The summed E-state index contributed by atoms with van der Waals surface area (Å²) in [4.78, 5) is 13.0. The molecule has 0 aliphatic rings. The molecule has 6 heteroatoms. The molecule has 2 rings (SSSR count). The van der Waals surface area contributed by atoms with Gasteiger partial charge in [-0.05, 0) is 24.3 Å². The summed E-state index contributed by atoms with van der Waals surface area (Å²) in [6, 6.07) is 13.4.